The molecule has 1 N–H and O–H groups in total. The molecule has 0 atom stereocenters. The maximum atomic E-state index is 12.1. The van der Waals surface area contributed by atoms with E-state index < -0.39 is 0 Å². The number of amides is 1. The highest BCUT2D eigenvalue weighted by Crippen LogP contribution is 2.22. The normalized spacial score (nSPS) is 10.5. The van der Waals surface area contributed by atoms with Gasteiger partial charge in [-0.3, -0.25) is 9.59 Å². The van der Waals surface area contributed by atoms with E-state index in [4.69, 9.17) is 16.3 Å². The van der Waals surface area contributed by atoms with Crippen LogP contribution in [0.25, 0.3) is 11.3 Å². The number of hydrogen-bond acceptors (Lipinski definition) is 4. The predicted octanol–water partition coefficient (Wildman–Crippen LogP) is 3.99. The fraction of sp³-hybridized carbons (Fsp3) is 0.190. The molecular formula is C21H20ClN3O3. The van der Waals surface area contributed by atoms with E-state index in [1.54, 1.807) is 37.4 Å². The highest BCUT2D eigenvalue weighted by molar-refractivity contribution is 6.33. The highest BCUT2D eigenvalue weighted by atomic mass is 35.5. The summed E-state index contributed by atoms with van der Waals surface area (Å²) in [7, 11) is 1.60. The third-order valence-electron chi connectivity index (χ3n) is 4.15. The van der Waals surface area contributed by atoms with Crippen molar-refractivity contribution in [2.24, 2.45) is 0 Å². The van der Waals surface area contributed by atoms with Crippen LogP contribution < -0.4 is 15.6 Å². The Hall–Kier alpha value is -3.12. The number of carbonyl (C=O) groups is 1. The molecule has 1 aromatic heterocycles. The number of carbonyl (C=O) groups excluding carboxylic acids is 1. The average Bonchev–Trinajstić information content (AvgIpc) is 2.71. The van der Waals surface area contributed by atoms with Crippen molar-refractivity contribution < 1.29 is 9.53 Å². The van der Waals surface area contributed by atoms with E-state index >= 15 is 0 Å². The standard InChI is InChI=1S/C21H20ClN3O3/c1-28-16-7-4-6-15(14-16)18-11-12-21(27)25(24-18)13-5-10-20(26)23-19-9-3-2-8-17(19)22/h2-4,6-9,11-12,14H,5,10,13H2,1H3,(H,23,26). The van der Waals surface area contributed by atoms with Crippen LogP contribution in [0.3, 0.4) is 0 Å². The van der Waals surface area contributed by atoms with Gasteiger partial charge in [0.15, 0.2) is 0 Å². The van der Waals surface area contributed by atoms with E-state index in [9.17, 15) is 9.59 Å². The van der Waals surface area contributed by atoms with Crippen LogP contribution in [-0.4, -0.2) is 22.8 Å². The fourth-order valence-corrected chi connectivity index (χ4v) is 2.89. The van der Waals surface area contributed by atoms with Gasteiger partial charge in [0, 0.05) is 24.6 Å². The maximum absolute atomic E-state index is 12.1. The van der Waals surface area contributed by atoms with E-state index in [2.05, 4.69) is 10.4 Å². The molecule has 3 rings (SSSR count). The number of rotatable bonds is 7. The lowest BCUT2D eigenvalue weighted by Gasteiger charge is -2.09. The first kappa shape index (κ1) is 19.6. The van der Waals surface area contributed by atoms with Gasteiger partial charge in [-0.25, -0.2) is 4.68 Å². The van der Waals surface area contributed by atoms with Crippen LogP contribution in [0.5, 0.6) is 5.75 Å². The van der Waals surface area contributed by atoms with Gasteiger partial charge in [0.2, 0.25) is 5.91 Å². The Morgan fingerprint density at radius 1 is 1.14 bits per heavy atom. The molecule has 0 radical (unpaired) electrons. The monoisotopic (exact) mass is 397 g/mol. The maximum Gasteiger partial charge on any atom is 0.266 e. The quantitative estimate of drug-likeness (QED) is 0.654. The number of ether oxygens (including phenoxy) is 1. The molecule has 0 aliphatic heterocycles. The number of hydrogen-bond donors (Lipinski definition) is 1. The number of aryl methyl sites for hydroxylation is 1. The van der Waals surface area contributed by atoms with Gasteiger partial charge in [0.1, 0.15) is 5.75 Å². The van der Waals surface area contributed by atoms with Crippen molar-refractivity contribution in [1.82, 2.24) is 9.78 Å². The second-order valence-corrected chi connectivity index (χ2v) is 6.55. The molecule has 0 bridgehead atoms. The molecule has 7 heteroatoms. The average molecular weight is 398 g/mol. The van der Waals surface area contributed by atoms with Crippen LogP contribution >= 0.6 is 11.6 Å². The zero-order valence-corrected chi connectivity index (χ0v) is 16.1. The molecule has 1 heterocycles. The molecule has 6 nitrogen and oxygen atoms in total. The third-order valence-corrected chi connectivity index (χ3v) is 4.48. The lowest BCUT2D eigenvalue weighted by atomic mass is 10.1. The summed E-state index contributed by atoms with van der Waals surface area (Å²) in [5.74, 6) is 0.554. The lowest BCUT2D eigenvalue weighted by Crippen LogP contribution is -2.23. The number of para-hydroxylation sites is 1. The fourth-order valence-electron chi connectivity index (χ4n) is 2.71. The van der Waals surface area contributed by atoms with Gasteiger partial charge in [0.25, 0.3) is 5.56 Å². The first-order valence-electron chi connectivity index (χ1n) is 8.84. The summed E-state index contributed by atoms with van der Waals surface area (Å²) in [6.07, 6.45) is 0.730. The molecule has 3 aromatic rings. The zero-order chi connectivity index (χ0) is 19.9. The number of nitrogens with one attached hydrogen (secondary N) is 1. The molecule has 1 amide bonds. The number of aromatic nitrogens is 2. The number of anilines is 1. The van der Waals surface area contributed by atoms with E-state index in [0.717, 1.165) is 5.56 Å². The Labute approximate surface area is 167 Å². The van der Waals surface area contributed by atoms with E-state index in [1.165, 1.54) is 10.7 Å². The Bertz CT molecular complexity index is 1030. The van der Waals surface area contributed by atoms with Crippen LogP contribution in [0.2, 0.25) is 5.02 Å². The summed E-state index contributed by atoms with van der Waals surface area (Å²) in [5, 5.41) is 7.66. The summed E-state index contributed by atoms with van der Waals surface area (Å²) in [6.45, 7) is 0.340. The molecular weight excluding hydrogens is 378 g/mol. The first-order chi connectivity index (χ1) is 13.6. The molecule has 0 spiro atoms. The van der Waals surface area contributed by atoms with E-state index in [1.807, 2.05) is 24.3 Å². The molecule has 0 fully saturated rings. The van der Waals surface area contributed by atoms with Gasteiger partial charge in [-0.05, 0) is 36.8 Å². The van der Waals surface area contributed by atoms with Crippen molar-refractivity contribution in [3.8, 4) is 17.0 Å². The van der Waals surface area contributed by atoms with Crippen molar-refractivity contribution in [2.45, 2.75) is 19.4 Å². The van der Waals surface area contributed by atoms with E-state index in [-0.39, 0.29) is 17.9 Å². The van der Waals surface area contributed by atoms with Gasteiger partial charge >= 0.3 is 0 Å². The minimum absolute atomic E-state index is 0.162. The number of benzene rings is 2. The van der Waals surface area contributed by atoms with Crippen molar-refractivity contribution in [2.75, 3.05) is 12.4 Å². The van der Waals surface area contributed by atoms with Gasteiger partial charge in [-0.15, -0.1) is 0 Å². The minimum Gasteiger partial charge on any atom is -0.497 e. The lowest BCUT2D eigenvalue weighted by molar-refractivity contribution is -0.116. The Morgan fingerprint density at radius 2 is 1.96 bits per heavy atom. The summed E-state index contributed by atoms with van der Waals surface area (Å²) >= 11 is 6.04. The second kappa shape index (κ2) is 9.19. The summed E-state index contributed by atoms with van der Waals surface area (Å²) in [5.41, 5.74) is 1.88. The van der Waals surface area contributed by atoms with Crippen LogP contribution in [0.1, 0.15) is 12.8 Å². The largest absolute Gasteiger partial charge is 0.497 e. The Morgan fingerprint density at radius 3 is 2.75 bits per heavy atom. The topological polar surface area (TPSA) is 73.2 Å². The Kier molecular flexibility index (Phi) is 6.45. The molecule has 28 heavy (non-hydrogen) atoms. The molecule has 0 unspecified atom stereocenters. The van der Waals surface area contributed by atoms with Crippen molar-refractivity contribution >= 4 is 23.2 Å². The number of methoxy groups -OCH3 is 1. The summed E-state index contributed by atoms with van der Waals surface area (Å²) < 4.78 is 6.60. The molecule has 144 valence electrons. The van der Waals surface area contributed by atoms with Crippen LogP contribution in [-0.2, 0) is 11.3 Å². The van der Waals surface area contributed by atoms with Gasteiger partial charge < -0.3 is 10.1 Å². The smallest absolute Gasteiger partial charge is 0.266 e. The van der Waals surface area contributed by atoms with Crippen LogP contribution in [0.15, 0.2) is 65.5 Å². The minimum atomic E-state index is -0.210. The van der Waals surface area contributed by atoms with Gasteiger partial charge in [0.05, 0.1) is 23.5 Å². The number of halogens is 1. The summed E-state index contributed by atoms with van der Waals surface area (Å²) in [4.78, 5) is 24.2. The zero-order valence-electron chi connectivity index (χ0n) is 15.4. The van der Waals surface area contributed by atoms with E-state index in [0.29, 0.717) is 35.1 Å². The molecule has 0 saturated carbocycles. The van der Waals surface area contributed by atoms with Crippen LogP contribution in [0, 0.1) is 0 Å². The van der Waals surface area contributed by atoms with Crippen LogP contribution in [0.4, 0.5) is 5.69 Å². The van der Waals surface area contributed by atoms with Crippen molar-refractivity contribution in [1.29, 1.82) is 0 Å². The third kappa shape index (κ3) is 4.98. The first-order valence-corrected chi connectivity index (χ1v) is 9.21. The molecule has 0 saturated heterocycles. The van der Waals surface area contributed by atoms with Gasteiger partial charge in [-0.1, -0.05) is 35.9 Å². The number of nitrogens with zero attached hydrogens (tertiary/aromatic N) is 2. The SMILES string of the molecule is COc1cccc(-c2ccc(=O)n(CCCC(=O)Nc3ccccc3Cl)n2)c1. The van der Waals surface area contributed by atoms with Gasteiger partial charge in [-0.2, -0.15) is 5.10 Å². The summed E-state index contributed by atoms with van der Waals surface area (Å²) in [6, 6.07) is 17.7. The van der Waals surface area contributed by atoms with Crippen molar-refractivity contribution in [3.05, 3.63) is 76.0 Å². The predicted molar refractivity (Wildman–Crippen MR) is 110 cm³/mol. The molecule has 2 aromatic carbocycles. The molecule has 0 aliphatic carbocycles. The van der Waals surface area contributed by atoms with Crippen molar-refractivity contribution in [3.63, 3.8) is 0 Å². The Balaban J connectivity index is 1.63. The second-order valence-electron chi connectivity index (χ2n) is 6.14. The molecule has 0 aliphatic rings. The highest BCUT2D eigenvalue weighted by Gasteiger charge is 2.08.